The van der Waals surface area contributed by atoms with Crippen molar-refractivity contribution >= 4 is 28.9 Å². The molecule has 0 aliphatic heterocycles. The summed E-state index contributed by atoms with van der Waals surface area (Å²) in [5.41, 5.74) is 12.3. The molecule has 0 fully saturated rings. The normalized spacial score (nSPS) is 10.8. The van der Waals surface area contributed by atoms with Gasteiger partial charge in [-0.25, -0.2) is 8.78 Å². The van der Waals surface area contributed by atoms with Crippen molar-refractivity contribution in [3.63, 3.8) is 0 Å². The molecule has 4 nitrogen and oxygen atoms in total. The van der Waals surface area contributed by atoms with Gasteiger partial charge in [0.25, 0.3) is 5.69 Å². The van der Waals surface area contributed by atoms with E-state index in [1.807, 2.05) is 62.4 Å². The van der Waals surface area contributed by atoms with Crippen LogP contribution in [-0.4, -0.2) is 4.92 Å². The highest BCUT2D eigenvalue weighted by atomic mass is 35.5. The van der Waals surface area contributed by atoms with E-state index in [9.17, 15) is 18.9 Å². The van der Waals surface area contributed by atoms with Gasteiger partial charge in [-0.2, -0.15) is 5.26 Å². The average Bonchev–Trinajstić information content (AvgIpc) is 3.37. The zero-order chi connectivity index (χ0) is 59.2. The summed E-state index contributed by atoms with van der Waals surface area (Å²) in [5, 5.41) is 20.3. The molecule has 0 unspecified atom stereocenters. The third-order valence-electron chi connectivity index (χ3n) is 11.9. The minimum Gasteiger partial charge on any atom is -0.258 e. The van der Waals surface area contributed by atoms with E-state index in [0.717, 1.165) is 54.7 Å². The van der Waals surface area contributed by atoms with Crippen LogP contribution in [0.2, 0.25) is 10.0 Å². The zero-order valence-electron chi connectivity index (χ0n) is 50.0. The van der Waals surface area contributed by atoms with Crippen molar-refractivity contribution in [2.45, 2.75) is 148 Å². The fraction of sp³-hybridized carbons (Fsp3) is 0.394. The number of nitro benzene ring substituents is 1. The molecule has 0 atom stereocenters. The molecule has 0 amide bonds. The van der Waals surface area contributed by atoms with Gasteiger partial charge in [0.1, 0.15) is 11.6 Å². The molecule has 0 bridgehead atoms. The fourth-order valence-corrected chi connectivity index (χ4v) is 8.59. The van der Waals surface area contributed by atoms with E-state index in [-0.39, 0.29) is 16.0 Å². The first-order valence-electron chi connectivity index (χ1n) is 28.0. The predicted octanol–water partition coefficient (Wildman–Crippen LogP) is 21.6. The molecule has 0 radical (unpaired) electrons. The van der Waals surface area contributed by atoms with Crippen LogP contribution < -0.4 is 0 Å². The monoisotopic (exact) mass is 1110 g/mol. The van der Waals surface area contributed by atoms with Crippen molar-refractivity contribution in [3.05, 3.63) is 240 Å². The van der Waals surface area contributed by atoms with Gasteiger partial charge in [0.2, 0.25) is 0 Å². The lowest BCUT2D eigenvalue weighted by Crippen LogP contribution is -2.10. The van der Waals surface area contributed by atoms with E-state index in [1.165, 1.54) is 63.6 Å². The number of nitriles is 1. The molecule has 0 aromatic heterocycles. The van der Waals surface area contributed by atoms with Gasteiger partial charge in [0.15, 0.2) is 0 Å². The maximum absolute atomic E-state index is 13.0. The van der Waals surface area contributed by atoms with Crippen LogP contribution in [0.3, 0.4) is 0 Å². The highest BCUT2D eigenvalue weighted by molar-refractivity contribution is 6.42. The molecule has 79 heavy (non-hydrogen) atoms. The first-order chi connectivity index (χ1) is 37.1. The molecule has 424 valence electrons. The van der Waals surface area contributed by atoms with Crippen molar-refractivity contribution in [2.24, 2.45) is 35.5 Å². The highest BCUT2D eigenvalue weighted by Gasteiger charge is 2.13. The number of hydrogen-bond donors (Lipinski definition) is 0. The number of nitrogens with zero attached hydrogens (tertiary/aromatic N) is 2. The molecule has 0 aliphatic carbocycles. The van der Waals surface area contributed by atoms with Gasteiger partial charge in [0, 0.05) is 18.2 Å². The summed E-state index contributed by atoms with van der Waals surface area (Å²) < 4.78 is 25.4. The Kier molecular flexibility index (Phi) is 31.6. The van der Waals surface area contributed by atoms with Crippen molar-refractivity contribution in [1.29, 1.82) is 5.26 Å². The van der Waals surface area contributed by atoms with Gasteiger partial charge in [-0.05, 0) is 160 Å². The topological polar surface area (TPSA) is 66.9 Å². The lowest BCUT2D eigenvalue weighted by Gasteiger charge is -2.19. The Labute approximate surface area is 485 Å². The molecule has 0 heterocycles. The van der Waals surface area contributed by atoms with E-state index in [0.29, 0.717) is 45.7 Å². The number of non-ortho nitro benzene ring substituents is 1. The molecule has 7 aromatic rings. The van der Waals surface area contributed by atoms with Gasteiger partial charge in [-0.3, -0.25) is 10.1 Å². The predicted molar refractivity (Wildman–Crippen MR) is 335 cm³/mol. The van der Waals surface area contributed by atoms with Crippen LogP contribution in [0.1, 0.15) is 148 Å². The molecule has 0 saturated heterocycles. The largest absolute Gasteiger partial charge is 0.269 e. The van der Waals surface area contributed by atoms with Crippen molar-refractivity contribution in [1.82, 2.24) is 0 Å². The molecule has 0 spiro atoms. The van der Waals surface area contributed by atoms with Crippen molar-refractivity contribution < 1.29 is 13.7 Å². The Hall–Kier alpha value is -6.13. The smallest absolute Gasteiger partial charge is 0.258 e. The average molecular weight is 1110 g/mol. The third kappa shape index (κ3) is 30.2. The van der Waals surface area contributed by atoms with Gasteiger partial charge in [0.05, 0.1) is 26.6 Å². The number of rotatable bonds is 14. The minimum absolute atomic E-state index is 0.179. The Morgan fingerprint density at radius 2 is 0.886 bits per heavy atom. The van der Waals surface area contributed by atoms with Crippen LogP contribution in [0.15, 0.2) is 164 Å². The molecule has 0 saturated carbocycles. The van der Waals surface area contributed by atoms with Gasteiger partial charge < -0.3 is 0 Å². The SMILES string of the molecule is CC(C)Cc1ccc(-c2ccccc2)cc1.CC(C)Cc1ccc(C#N)cc1.CC(C)Cc1ccc(C(C)(C)C)cc1.CC(C)Cc1ccc(Cl)c(Cl)c1.CC(C)Cc1ccc(F)cc1F.CC(C)Cc1cccc([N+](=O)[O-])c1. The van der Waals surface area contributed by atoms with Gasteiger partial charge >= 0.3 is 0 Å². The van der Waals surface area contributed by atoms with E-state index in [4.69, 9.17) is 28.5 Å². The van der Waals surface area contributed by atoms with Crippen LogP contribution in [-0.2, 0) is 43.9 Å². The maximum Gasteiger partial charge on any atom is 0.269 e. The Balaban J connectivity index is 0.000000325. The van der Waals surface area contributed by atoms with Crippen LogP contribution in [0.25, 0.3) is 11.1 Å². The number of hydrogen-bond acceptors (Lipinski definition) is 3. The van der Waals surface area contributed by atoms with E-state index < -0.39 is 11.6 Å². The first-order valence-corrected chi connectivity index (χ1v) is 28.7. The Bertz CT molecular complexity index is 2850. The second kappa shape index (κ2) is 36.2. The summed E-state index contributed by atoms with van der Waals surface area (Å²) in [6, 6.07) is 54.7. The molecular weight excluding hydrogens is 1020 g/mol. The Morgan fingerprint density at radius 3 is 1.30 bits per heavy atom. The Morgan fingerprint density at radius 1 is 0.468 bits per heavy atom. The van der Waals surface area contributed by atoms with Crippen LogP contribution in [0, 0.1) is 68.6 Å². The van der Waals surface area contributed by atoms with Crippen molar-refractivity contribution in [3.8, 4) is 17.2 Å². The summed E-state index contributed by atoms with van der Waals surface area (Å²) in [6.07, 6.45) is 6.04. The standard InChI is InChI=1S/C16H18.C14H22.C11H13N.C10H12Cl2.C10H12F2.C10H13NO2/c1-13(2)12-14-8-10-16(11-9-14)15-6-4-3-5-7-15;1-11(2)10-12-6-8-13(9-7-12)14(3,4)5;1-9(2)7-10-3-5-11(8-12)6-4-10;1-7(2)5-8-3-4-9(11)10(12)6-8;1-7(2)5-8-3-4-9(11)6-10(8)12;1-8(2)6-9-4-3-5-10(7-9)11(12)13/h3-11,13H,12H2,1-2H3;6-9,11H,10H2,1-5H3;3-6,9H,7H2,1-2H3;2*3-4,6-7H,5H2,1-2H3;3-5,7-8H,6H2,1-2H3. The lowest BCUT2D eigenvalue weighted by molar-refractivity contribution is -0.384. The van der Waals surface area contributed by atoms with Gasteiger partial charge in [-0.1, -0.05) is 242 Å². The number of benzene rings is 7. The van der Waals surface area contributed by atoms with Crippen molar-refractivity contribution in [2.75, 3.05) is 0 Å². The summed E-state index contributed by atoms with van der Waals surface area (Å²) in [6.45, 7) is 32.7. The van der Waals surface area contributed by atoms with E-state index >= 15 is 0 Å². The summed E-state index contributed by atoms with van der Waals surface area (Å²) >= 11 is 11.7. The molecule has 0 aliphatic rings. The summed E-state index contributed by atoms with van der Waals surface area (Å²) in [7, 11) is 0. The third-order valence-corrected chi connectivity index (χ3v) is 12.7. The number of halogens is 4. The maximum atomic E-state index is 13.0. The van der Waals surface area contributed by atoms with E-state index in [2.05, 4.69) is 175 Å². The second-order valence-electron chi connectivity index (χ2n) is 23.8. The summed E-state index contributed by atoms with van der Waals surface area (Å²) in [5.74, 6) is 2.77. The zero-order valence-corrected chi connectivity index (χ0v) is 51.5. The van der Waals surface area contributed by atoms with Crippen LogP contribution >= 0.6 is 23.2 Å². The second-order valence-corrected chi connectivity index (χ2v) is 24.6. The first kappa shape index (κ1) is 69.0. The molecule has 7 aromatic carbocycles. The fourth-order valence-electron chi connectivity index (χ4n) is 8.27. The molecule has 8 heteroatoms. The molecule has 7 rings (SSSR count). The van der Waals surface area contributed by atoms with Gasteiger partial charge in [-0.15, -0.1) is 0 Å². The molecule has 0 N–H and O–H groups in total. The summed E-state index contributed by atoms with van der Waals surface area (Å²) in [4.78, 5) is 10.1. The number of nitro groups is 1. The van der Waals surface area contributed by atoms with E-state index in [1.54, 1.807) is 12.1 Å². The lowest BCUT2D eigenvalue weighted by atomic mass is 9.86. The quantitative estimate of drug-likeness (QED) is 0.0805. The molecular formula is C71H90Cl2F2N2O2. The highest BCUT2D eigenvalue weighted by Crippen LogP contribution is 2.25. The van der Waals surface area contributed by atoms with Crippen LogP contribution in [0.5, 0.6) is 0 Å². The minimum atomic E-state index is -0.514. The van der Waals surface area contributed by atoms with Crippen LogP contribution in [0.4, 0.5) is 14.5 Å².